The summed E-state index contributed by atoms with van der Waals surface area (Å²) in [6.45, 7) is 2.73. The van der Waals surface area contributed by atoms with E-state index in [2.05, 4.69) is 22.3 Å². The molecule has 1 heterocycles. The molecular weight excluding hydrogens is 433 g/mol. The summed E-state index contributed by atoms with van der Waals surface area (Å²) in [5.41, 5.74) is 2.36. The van der Waals surface area contributed by atoms with Gasteiger partial charge >= 0.3 is 0 Å². The topological polar surface area (TPSA) is 52.7 Å². The first kappa shape index (κ1) is 21.2. The molecule has 0 atom stereocenters. The van der Waals surface area contributed by atoms with Crippen LogP contribution in [-0.2, 0) is 0 Å². The molecule has 1 saturated heterocycles. The molecule has 1 aliphatic rings. The van der Waals surface area contributed by atoms with Crippen LogP contribution in [0.15, 0.2) is 72.8 Å². The van der Waals surface area contributed by atoms with Crippen molar-refractivity contribution in [2.24, 2.45) is 0 Å². The zero-order chi connectivity index (χ0) is 21.8. The van der Waals surface area contributed by atoms with Crippen LogP contribution >= 0.6 is 23.2 Å². The summed E-state index contributed by atoms with van der Waals surface area (Å²) in [7, 11) is 0. The van der Waals surface area contributed by atoms with Gasteiger partial charge in [0.15, 0.2) is 0 Å². The third-order valence-corrected chi connectivity index (χ3v) is 5.82. The first-order valence-corrected chi connectivity index (χ1v) is 10.7. The molecule has 2 amide bonds. The number of benzene rings is 3. The highest BCUT2D eigenvalue weighted by atomic mass is 35.5. The van der Waals surface area contributed by atoms with Crippen LogP contribution in [-0.4, -0.2) is 42.9 Å². The number of hydrogen-bond acceptors (Lipinski definition) is 3. The van der Waals surface area contributed by atoms with E-state index in [1.807, 2.05) is 23.1 Å². The summed E-state index contributed by atoms with van der Waals surface area (Å²) in [5.74, 6) is -0.498. The van der Waals surface area contributed by atoms with Crippen LogP contribution in [0.4, 0.5) is 11.4 Å². The van der Waals surface area contributed by atoms with Gasteiger partial charge in [0.05, 0.1) is 21.8 Å². The van der Waals surface area contributed by atoms with E-state index in [1.165, 1.54) is 6.07 Å². The fourth-order valence-electron chi connectivity index (χ4n) is 3.62. The zero-order valence-electron chi connectivity index (χ0n) is 16.7. The van der Waals surface area contributed by atoms with Gasteiger partial charge in [-0.25, -0.2) is 0 Å². The lowest BCUT2D eigenvalue weighted by Crippen LogP contribution is -2.48. The molecule has 0 saturated carbocycles. The molecule has 1 fully saturated rings. The number of hydrogen-bond donors (Lipinski definition) is 1. The SMILES string of the molecule is O=C(Nc1ccccc1C(=O)N1CCN(c2ccccc2)CC1)c1ccc(Cl)cc1Cl. The number of carbonyl (C=O) groups is 2. The number of anilines is 2. The van der Waals surface area contributed by atoms with E-state index in [-0.39, 0.29) is 10.9 Å². The van der Waals surface area contributed by atoms with E-state index < -0.39 is 5.91 Å². The molecule has 1 aliphatic heterocycles. The van der Waals surface area contributed by atoms with Gasteiger partial charge in [0.2, 0.25) is 0 Å². The number of carbonyl (C=O) groups excluding carboxylic acids is 2. The largest absolute Gasteiger partial charge is 0.368 e. The van der Waals surface area contributed by atoms with E-state index in [0.717, 1.165) is 18.8 Å². The Hall–Kier alpha value is -3.02. The minimum atomic E-state index is -0.393. The third-order valence-electron chi connectivity index (χ3n) is 5.27. The molecular formula is C24H21Cl2N3O2. The highest BCUT2D eigenvalue weighted by Crippen LogP contribution is 2.24. The first-order chi connectivity index (χ1) is 15.0. The maximum Gasteiger partial charge on any atom is 0.257 e. The number of piperazine rings is 1. The van der Waals surface area contributed by atoms with E-state index in [1.54, 1.807) is 36.4 Å². The van der Waals surface area contributed by atoms with Crippen LogP contribution in [0, 0.1) is 0 Å². The fourth-order valence-corrected chi connectivity index (χ4v) is 4.11. The summed E-state index contributed by atoms with van der Waals surface area (Å²) in [6.07, 6.45) is 0. The zero-order valence-corrected chi connectivity index (χ0v) is 18.2. The molecule has 3 aromatic rings. The van der Waals surface area contributed by atoms with Crippen molar-refractivity contribution in [1.29, 1.82) is 0 Å². The maximum atomic E-state index is 13.2. The standard InChI is InChI=1S/C24H21Cl2N3O2/c25-17-10-11-19(21(26)16-17)23(30)27-22-9-5-4-8-20(22)24(31)29-14-12-28(13-15-29)18-6-2-1-3-7-18/h1-11,16H,12-15H2,(H,27,30). The summed E-state index contributed by atoms with van der Waals surface area (Å²) < 4.78 is 0. The van der Waals surface area contributed by atoms with E-state index >= 15 is 0 Å². The van der Waals surface area contributed by atoms with Crippen molar-refractivity contribution in [2.45, 2.75) is 0 Å². The van der Waals surface area contributed by atoms with Crippen molar-refractivity contribution in [1.82, 2.24) is 4.90 Å². The average molecular weight is 454 g/mol. The predicted octanol–water partition coefficient (Wildman–Crippen LogP) is 5.21. The number of nitrogens with one attached hydrogen (secondary N) is 1. The van der Waals surface area contributed by atoms with Gasteiger partial charge in [0.1, 0.15) is 0 Å². The van der Waals surface area contributed by atoms with Gasteiger partial charge in [-0.3, -0.25) is 9.59 Å². The van der Waals surface area contributed by atoms with Crippen molar-refractivity contribution in [3.8, 4) is 0 Å². The second kappa shape index (κ2) is 9.41. The number of halogens is 2. The molecule has 5 nitrogen and oxygen atoms in total. The van der Waals surface area contributed by atoms with E-state index in [9.17, 15) is 9.59 Å². The summed E-state index contributed by atoms with van der Waals surface area (Å²) in [5, 5.41) is 3.52. The molecule has 7 heteroatoms. The monoisotopic (exact) mass is 453 g/mol. The van der Waals surface area contributed by atoms with Crippen molar-refractivity contribution in [2.75, 3.05) is 36.4 Å². The second-order valence-electron chi connectivity index (χ2n) is 7.24. The molecule has 4 rings (SSSR count). The fraction of sp³-hybridized carbons (Fsp3) is 0.167. The lowest BCUT2D eigenvalue weighted by Gasteiger charge is -2.36. The highest BCUT2D eigenvalue weighted by molar-refractivity contribution is 6.37. The quantitative estimate of drug-likeness (QED) is 0.589. The lowest BCUT2D eigenvalue weighted by atomic mass is 10.1. The van der Waals surface area contributed by atoms with Crippen LogP contribution < -0.4 is 10.2 Å². The Morgan fingerprint density at radius 1 is 0.774 bits per heavy atom. The predicted molar refractivity (Wildman–Crippen MR) is 125 cm³/mol. The molecule has 0 bridgehead atoms. The normalized spacial score (nSPS) is 13.7. The Kier molecular flexibility index (Phi) is 6.44. The molecule has 0 radical (unpaired) electrons. The van der Waals surface area contributed by atoms with Gasteiger partial charge in [-0.2, -0.15) is 0 Å². The Labute approximate surface area is 191 Å². The third kappa shape index (κ3) is 4.84. The second-order valence-corrected chi connectivity index (χ2v) is 8.08. The minimum Gasteiger partial charge on any atom is -0.368 e. The van der Waals surface area contributed by atoms with E-state index in [4.69, 9.17) is 23.2 Å². The molecule has 1 N–H and O–H groups in total. The number of amides is 2. The van der Waals surface area contributed by atoms with Gasteiger partial charge in [-0.1, -0.05) is 53.5 Å². The summed E-state index contributed by atoms with van der Waals surface area (Å²) in [6, 6.07) is 21.9. The van der Waals surface area contributed by atoms with Crippen LogP contribution in [0.1, 0.15) is 20.7 Å². The Balaban J connectivity index is 1.47. The van der Waals surface area contributed by atoms with E-state index in [0.29, 0.717) is 34.9 Å². The average Bonchev–Trinajstić information content (AvgIpc) is 2.79. The lowest BCUT2D eigenvalue weighted by molar-refractivity contribution is 0.0748. The van der Waals surface area contributed by atoms with Crippen molar-refractivity contribution in [3.63, 3.8) is 0 Å². The van der Waals surface area contributed by atoms with Gasteiger partial charge in [-0.05, 0) is 42.5 Å². The molecule has 0 aliphatic carbocycles. The Morgan fingerprint density at radius 2 is 1.45 bits per heavy atom. The molecule has 158 valence electrons. The highest BCUT2D eigenvalue weighted by Gasteiger charge is 2.24. The van der Waals surface area contributed by atoms with Gasteiger partial charge in [0, 0.05) is 36.9 Å². The minimum absolute atomic E-state index is 0.106. The van der Waals surface area contributed by atoms with Crippen molar-refractivity contribution < 1.29 is 9.59 Å². The van der Waals surface area contributed by atoms with Gasteiger partial charge < -0.3 is 15.1 Å². The molecule has 3 aromatic carbocycles. The van der Waals surface area contributed by atoms with Crippen LogP contribution in [0.5, 0.6) is 0 Å². The van der Waals surface area contributed by atoms with Crippen molar-refractivity contribution in [3.05, 3.63) is 94.0 Å². The molecule has 0 aromatic heterocycles. The van der Waals surface area contributed by atoms with Crippen LogP contribution in [0.25, 0.3) is 0 Å². The van der Waals surface area contributed by atoms with Gasteiger partial charge in [0.25, 0.3) is 11.8 Å². The van der Waals surface area contributed by atoms with Gasteiger partial charge in [-0.15, -0.1) is 0 Å². The Bertz CT molecular complexity index is 1100. The first-order valence-electron chi connectivity index (χ1n) is 9.97. The molecule has 0 unspecified atom stereocenters. The number of para-hydroxylation sites is 2. The van der Waals surface area contributed by atoms with Crippen molar-refractivity contribution >= 4 is 46.4 Å². The number of rotatable bonds is 4. The summed E-state index contributed by atoms with van der Waals surface area (Å²) >= 11 is 12.1. The maximum absolute atomic E-state index is 13.2. The Morgan fingerprint density at radius 3 is 2.16 bits per heavy atom. The van der Waals surface area contributed by atoms with Crippen LogP contribution in [0.2, 0.25) is 10.0 Å². The molecule has 0 spiro atoms. The number of nitrogens with zero attached hydrogens (tertiary/aromatic N) is 2. The molecule has 31 heavy (non-hydrogen) atoms. The summed E-state index contributed by atoms with van der Waals surface area (Å²) in [4.78, 5) is 30.0. The van der Waals surface area contributed by atoms with Crippen LogP contribution in [0.3, 0.4) is 0 Å². The smallest absolute Gasteiger partial charge is 0.257 e.